The number of aliphatic carboxylic acids is 1. The molecule has 1 saturated heterocycles. The van der Waals surface area contributed by atoms with Gasteiger partial charge in [-0.1, -0.05) is 12.1 Å². The fraction of sp³-hybridized carbons (Fsp3) is 0.500. The molecular weight excluding hydrogens is 320 g/mol. The van der Waals surface area contributed by atoms with E-state index in [1.54, 1.807) is 11.8 Å². The minimum Gasteiger partial charge on any atom is -0.481 e. The maximum atomic E-state index is 12.2. The zero-order valence-corrected chi connectivity index (χ0v) is 14.7. The van der Waals surface area contributed by atoms with Crippen LogP contribution in [0.5, 0.6) is 0 Å². The van der Waals surface area contributed by atoms with Crippen LogP contribution in [0.2, 0.25) is 0 Å². The first-order chi connectivity index (χ1) is 11.9. The molecule has 3 rings (SSSR count). The van der Waals surface area contributed by atoms with E-state index in [0.29, 0.717) is 19.5 Å². The number of carboxylic acids is 1. The van der Waals surface area contributed by atoms with E-state index in [0.717, 1.165) is 29.8 Å². The van der Waals surface area contributed by atoms with E-state index in [1.165, 1.54) is 0 Å². The summed E-state index contributed by atoms with van der Waals surface area (Å²) in [7, 11) is 0. The molecule has 134 valence electrons. The quantitative estimate of drug-likeness (QED) is 0.814. The topological polar surface area (TPSA) is 87.5 Å². The third kappa shape index (κ3) is 3.45. The minimum atomic E-state index is -0.842. The molecule has 0 bridgehead atoms. The van der Waals surface area contributed by atoms with Gasteiger partial charge in [-0.25, -0.2) is 9.78 Å². The SMILES string of the molecule is Cc1nc2ccccc2n1CCCNC(=O)N1CCC(C)(C(=O)O)C1. The Hall–Kier alpha value is -2.57. The van der Waals surface area contributed by atoms with Crippen molar-refractivity contribution in [3.8, 4) is 0 Å². The Morgan fingerprint density at radius 1 is 1.36 bits per heavy atom. The van der Waals surface area contributed by atoms with Gasteiger partial charge < -0.3 is 19.9 Å². The van der Waals surface area contributed by atoms with Crippen LogP contribution in [0.1, 0.15) is 25.6 Å². The number of aryl methyl sites for hydroxylation is 2. The lowest BCUT2D eigenvalue weighted by Gasteiger charge is -2.20. The molecule has 2 N–H and O–H groups in total. The highest BCUT2D eigenvalue weighted by molar-refractivity contribution is 5.79. The number of likely N-dealkylation sites (tertiary alicyclic amines) is 1. The number of rotatable bonds is 5. The average molecular weight is 344 g/mol. The van der Waals surface area contributed by atoms with Crippen LogP contribution in [0.4, 0.5) is 4.79 Å². The van der Waals surface area contributed by atoms with Gasteiger partial charge >= 0.3 is 12.0 Å². The fourth-order valence-electron chi connectivity index (χ4n) is 3.33. The molecule has 25 heavy (non-hydrogen) atoms. The molecule has 0 saturated carbocycles. The first-order valence-corrected chi connectivity index (χ1v) is 8.59. The monoisotopic (exact) mass is 344 g/mol. The van der Waals surface area contributed by atoms with Gasteiger partial charge in [-0.15, -0.1) is 0 Å². The van der Waals surface area contributed by atoms with E-state index in [2.05, 4.69) is 14.9 Å². The van der Waals surface area contributed by atoms with Gasteiger partial charge in [0, 0.05) is 26.2 Å². The van der Waals surface area contributed by atoms with Crippen molar-refractivity contribution in [2.75, 3.05) is 19.6 Å². The predicted octanol–water partition coefficient (Wildman–Crippen LogP) is 2.24. The predicted molar refractivity (Wildman–Crippen MR) is 94.4 cm³/mol. The van der Waals surface area contributed by atoms with Crippen molar-refractivity contribution < 1.29 is 14.7 Å². The number of aromatic nitrogens is 2. The van der Waals surface area contributed by atoms with E-state index in [4.69, 9.17) is 0 Å². The van der Waals surface area contributed by atoms with Gasteiger partial charge in [0.05, 0.1) is 16.4 Å². The number of benzene rings is 1. The summed E-state index contributed by atoms with van der Waals surface area (Å²) in [6.45, 7) is 5.74. The van der Waals surface area contributed by atoms with Crippen LogP contribution >= 0.6 is 0 Å². The number of carbonyl (C=O) groups excluding carboxylic acids is 1. The van der Waals surface area contributed by atoms with E-state index < -0.39 is 11.4 Å². The zero-order chi connectivity index (χ0) is 18.0. The highest BCUT2D eigenvalue weighted by atomic mass is 16.4. The van der Waals surface area contributed by atoms with Gasteiger partial charge in [-0.05, 0) is 38.8 Å². The van der Waals surface area contributed by atoms with Crippen molar-refractivity contribution in [2.45, 2.75) is 33.2 Å². The standard InChI is InChI=1S/C18H24N4O3/c1-13-20-14-6-3-4-7-15(14)22(13)10-5-9-19-17(25)21-11-8-18(2,12-21)16(23)24/h3-4,6-7H,5,8-12H2,1-2H3,(H,19,25)(H,23,24). The average Bonchev–Trinajstić information content (AvgIpc) is 3.13. The Morgan fingerprint density at radius 3 is 2.84 bits per heavy atom. The number of carbonyl (C=O) groups is 2. The Labute approximate surface area is 146 Å². The summed E-state index contributed by atoms with van der Waals surface area (Å²) >= 11 is 0. The number of amides is 2. The minimum absolute atomic E-state index is 0.183. The molecule has 1 unspecified atom stereocenters. The van der Waals surface area contributed by atoms with Gasteiger partial charge in [0.15, 0.2) is 0 Å². The van der Waals surface area contributed by atoms with Crippen molar-refractivity contribution in [1.82, 2.24) is 19.8 Å². The van der Waals surface area contributed by atoms with Gasteiger partial charge in [0.2, 0.25) is 0 Å². The maximum absolute atomic E-state index is 12.2. The van der Waals surface area contributed by atoms with Crippen LogP contribution in [0.15, 0.2) is 24.3 Å². The van der Waals surface area contributed by atoms with E-state index >= 15 is 0 Å². The van der Waals surface area contributed by atoms with Crippen LogP contribution < -0.4 is 5.32 Å². The Balaban J connectivity index is 1.49. The Morgan fingerprint density at radius 2 is 2.12 bits per heavy atom. The lowest BCUT2D eigenvalue weighted by Crippen LogP contribution is -2.41. The number of nitrogens with one attached hydrogen (secondary N) is 1. The molecule has 7 nitrogen and oxygen atoms in total. The van der Waals surface area contributed by atoms with Crippen molar-refractivity contribution >= 4 is 23.0 Å². The summed E-state index contributed by atoms with van der Waals surface area (Å²) < 4.78 is 2.15. The Kier molecular flexibility index (Phi) is 4.65. The number of para-hydroxylation sites is 2. The summed E-state index contributed by atoms with van der Waals surface area (Å²) in [5, 5.41) is 12.1. The summed E-state index contributed by atoms with van der Waals surface area (Å²) in [5.74, 6) is 0.120. The third-order valence-electron chi connectivity index (χ3n) is 4.96. The van der Waals surface area contributed by atoms with Crippen molar-refractivity contribution in [3.05, 3.63) is 30.1 Å². The van der Waals surface area contributed by atoms with Crippen LogP contribution in [-0.4, -0.2) is 51.2 Å². The number of fused-ring (bicyclic) bond motifs is 1. The fourth-order valence-corrected chi connectivity index (χ4v) is 3.33. The van der Waals surface area contributed by atoms with Gasteiger partial charge in [-0.2, -0.15) is 0 Å². The largest absolute Gasteiger partial charge is 0.481 e. The van der Waals surface area contributed by atoms with Crippen LogP contribution in [0.25, 0.3) is 11.0 Å². The second kappa shape index (κ2) is 6.74. The van der Waals surface area contributed by atoms with Gasteiger partial charge in [-0.3, -0.25) is 4.79 Å². The van der Waals surface area contributed by atoms with Crippen molar-refractivity contribution in [3.63, 3.8) is 0 Å². The number of hydrogen-bond acceptors (Lipinski definition) is 3. The van der Waals surface area contributed by atoms with E-state index in [9.17, 15) is 14.7 Å². The molecule has 1 aromatic heterocycles. The molecule has 0 radical (unpaired) electrons. The number of nitrogens with zero attached hydrogens (tertiary/aromatic N) is 3. The third-order valence-corrected chi connectivity index (χ3v) is 4.96. The first kappa shape index (κ1) is 17.3. The molecule has 1 aliphatic rings. The van der Waals surface area contributed by atoms with Gasteiger partial charge in [0.1, 0.15) is 5.82 Å². The number of urea groups is 1. The molecule has 7 heteroatoms. The summed E-state index contributed by atoms with van der Waals surface area (Å²) in [5.41, 5.74) is 1.25. The highest BCUT2D eigenvalue weighted by Gasteiger charge is 2.42. The van der Waals surface area contributed by atoms with Crippen LogP contribution in [0, 0.1) is 12.3 Å². The van der Waals surface area contributed by atoms with E-state index in [-0.39, 0.29) is 12.6 Å². The normalized spacial score (nSPS) is 20.2. The summed E-state index contributed by atoms with van der Waals surface area (Å²) in [4.78, 5) is 29.6. The lowest BCUT2D eigenvalue weighted by molar-refractivity contribution is -0.146. The molecular formula is C18H24N4O3. The molecule has 2 amide bonds. The number of carboxylic acid groups (broad SMARTS) is 1. The molecule has 1 fully saturated rings. The number of hydrogen-bond donors (Lipinski definition) is 2. The summed E-state index contributed by atoms with van der Waals surface area (Å²) in [6, 6.07) is 7.82. The molecule has 1 atom stereocenters. The Bertz CT molecular complexity index is 801. The molecule has 0 spiro atoms. The maximum Gasteiger partial charge on any atom is 0.317 e. The van der Waals surface area contributed by atoms with E-state index in [1.807, 2.05) is 31.2 Å². The smallest absolute Gasteiger partial charge is 0.317 e. The van der Waals surface area contributed by atoms with Crippen molar-refractivity contribution in [1.29, 1.82) is 0 Å². The van der Waals surface area contributed by atoms with Gasteiger partial charge in [0.25, 0.3) is 0 Å². The molecule has 0 aliphatic carbocycles. The number of imidazole rings is 1. The second-order valence-corrected chi connectivity index (χ2v) is 6.92. The first-order valence-electron chi connectivity index (χ1n) is 8.59. The zero-order valence-electron chi connectivity index (χ0n) is 14.7. The molecule has 1 aromatic carbocycles. The van der Waals surface area contributed by atoms with Crippen molar-refractivity contribution in [2.24, 2.45) is 5.41 Å². The molecule has 2 aromatic rings. The molecule has 2 heterocycles. The summed E-state index contributed by atoms with van der Waals surface area (Å²) in [6.07, 6.45) is 1.28. The molecule has 1 aliphatic heterocycles. The second-order valence-electron chi connectivity index (χ2n) is 6.92. The van der Waals surface area contributed by atoms with Crippen LogP contribution in [0.3, 0.4) is 0 Å². The lowest BCUT2D eigenvalue weighted by atomic mass is 9.90. The van der Waals surface area contributed by atoms with Crippen LogP contribution in [-0.2, 0) is 11.3 Å². The highest BCUT2D eigenvalue weighted by Crippen LogP contribution is 2.29.